The summed E-state index contributed by atoms with van der Waals surface area (Å²) in [4.78, 5) is 4.32. The molecule has 3 heterocycles. The first-order valence-corrected chi connectivity index (χ1v) is 4.66. The van der Waals surface area contributed by atoms with Gasteiger partial charge in [-0.15, -0.1) is 5.10 Å². The van der Waals surface area contributed by atoms with E-state index in [-0.39, 0.29) is 6.10 Å². The topological polar surface area (TPSA) is 69.0 Å². The van der Waals surface area contributed by atoms with E-state index in [9.17, 15) is 0 Å². The van der Waals surface area contributed by atoms with Gasteiger partial charge in [-0.3, -0.25) is 4.98 Å². The molecule has 0 unspecified atom stereocenters. The number of hydrogen-bond donors (Lipinski definition) is 0. The molecule has 3 rings (SSSR count). The first-order valence-electron chi connectivity index (χ1n) is 4.66. The molecule has 0 amide bonds. The molecular weight excluding hydrogens is 194 g/mol. The molecule has 0 saturated carbocycles. The standard InChI is InChI=1S/C9H9N5O/c1-6-2-7(9-4-15-9)10-3-8(6)14-5-11-12-13-14/h2-3,5,9H,4H2,1H3/t9-/m0/s1. The normalized spacial score (nSPS) is 19.1. The molecule has 1 aliphatic rings. The van der Waals surface area contributed by atoms with Crippen molar-refractivity contribution < 1.29 is 4.74 Å². The summed E-state index contributed by atoms with van der Waals surface area (Å²) in [5.74, 6) is 0. The van der Waals surface area contributed by atoms with Crippen molar-refractivity contribution in [2.24, 2.45) is 0 Å². The summed E-state index contributed by atoms with van der Waals surface area (Å²) in [6.45, 7) is 2.78. The van der Waals surface area contributed by atoms with Gasteiger partial charge in [0.05, 0.1) is 24.2 Å². The van der Waals surface area contributed by atoms with Gasteiger partial charge in [0.1, 0.15) is 12.4 Å². The summed E-state index contributed by atoms with van der Waals surface area (Å²) in [5, 5.41) is 11.0. The molecule has 2 aromatic heterocycles. The molecule has 0 aliphatic carbocycles. The summed E-state index contributed by atoms with van der Waals surface area (Å²) in [5.41, 5.74) is 2.96. The Morgan fingerprint density at radius 1 is 1.53 bits per heavy atom. The van der Waals surface area contributed by atoms with Crippen molar-refractivity contribution in [3.63, 3.8) is 0 Å². The number of nitrogens with zero attached hydrogens (tertiary/aromatic N) is 5. The number of pyridine rings is 1. The maximum Gasteiger partial charge on any atom is 0.143 e. The van der Waals surface area contributed by atoms with E-state index in [0.717, 1.165) is 23.6 Å². The Morgan fingerprint density at radius 2 is 2.40 bits per heavy atom. The van der Waals surface area contributed by atoms with Gasteiger partial charge in [0, 0.05) is 0 Å². The van der Waals surface area contributed by atoms with Crippen LogP contribution in [0.5, 0.6) is 0 Å². The lowest BCUT2D eigenvalue weighted by Crippen LogP contribution is -2.00. The summed E-state index contributed by atoms with van der Waals surface area (Å²) < 4.78 is 6.77. The highest BCUT2D eigenvalue weighted by molar-refractivity contribution is 5.38. The molecule has 1 saturated heterocycles. The summed E-state index contributed by atoms with van der Waals surface area (Å²) >= 11 is 0. The van der Waals surface area contributed by atoms with Crippen molar-refractivity contribution in [1.82, 2.24) is 25.2 Å². The summed E-state index contributed by atoms with van der Waals surface area (Å²) in [6.07, 6.45) is 3.51. The lowest BCUT2D eigenvalue weighted by molar-refractivity contribution is 0.411. The Labute approximate surface area is 85.9 Å². The molecule has 0 spiro atoms. The Balaban J connectivity index is 2.02. The number of epoxide rings is 1. The van der Waals surface area contributed by atoms with Crippen LogP contribution >= 0.6 is 0 Å². The van der Waals surface area contributed by atoms with E-state index in [2.05, 4.69) is 20.5 Å². The van der Waals surface area contributed by atoms with Gasteiger partial charge in [-0.1, -0.05) is 0 Å². The van der Waals surface area contributed by atoms with Crippen molar-refractivity contribution in [3.05, 3.63) is 29.8 Å². The van der Waals surface area contributed by atoms with Crippen LogP contribution < -0.4 is 0 Å². The maximum atomic E-state index is 5.17. The van der Waals surface area contributed by atoms with Crippen molar-refractivity contribution in [1.29, 1.82) is 0 Å². The highest BCUT2D eigenvalue weighted by Crippen LogP contribution is 2.29. The van der Waals surface area contributed by atoms with E-state index in [1.54, 1.807) is 17.2 Å². The maximum absolute atomic E-state index is 5.17. The number of aromatic nitrogens is 5. The summed E-state index contributed by atoms with van der Waals surface area (Å²) in [7, 11) is 0. The van der Waals surface area contributed by atoms with Gasteiger partial charge in [-0.25, -0.2) is 0 Å². The molecule has 6 nitrogen and oxygen atoms in total. The number of hydrogen-bond acceptors (Lipinski definition) is 5. The van der Waals surface area contributed by atoms with E-state index < -0.39 is 0 Å². The highest BCUT2D eigenvalue weighted by atomic mass is 16.6. The van der Waals surface area contributed by atoms with Gasteiger partial charge in [0.2, 0.25) is 0 Å². The molecular formula is C9H9N5O. The zero-order valence-electron chi connectivity index (χ0n) is 8.16. The fourth-order valence-electron chi connectivity index (χ4n) is 1.48. The van der Waals surface area contributed by atoms with E-state index in [1.165, 1.54) is 0 Å². The second kappa shape index (κ2) is 3.09. The first-order chi connectivity index (χ1) is 7.34. The number of rotatable bonds is 2. The number of aryl methyl sites for hydroxylation is 1. The van der Waals surface area contributed by atoms with Crippen LogP contribution in [-0.4, -0.2) is 31.8 Å². The van der Waals surface area contributed by atoms with Gasteiger partial charge in [-0.05, 0) is 29.0 Å². The molecule has 0 radical (unpaired) electrons. The lowest BCUT2D eigenvalue weighted by Gasteiger charge is -2.04. The van der Waals surface area contributed by atoms with Crippen LogP contribution in [-0.2, 0) is 4.74 Å². The Morgan fingerprint density at radius 3 is 3.00 bits per heavy atom. The average molecular weight is 203 g/mol. The zero-order chi connectivity index (χ0) is 10.3. The van der Waals surface area contributed by atoms with Crippen molar-refractivity contribution in [3.8, 4) is 5.69 Å². The third-order valence-corrected chi connectivity index (χ3v) is 2.36. The van der Waals surface area contributed by atoms with Gasteiger partial charge >= 0.3 is 0 Å². The zero-order valence-corrected chi connectivity index (χ0v) is 8.16. The molecule has 1 fully saturated rings. The smallest absolute Gasteiger partial charge is 0.143 e. The first kappa shape index (κ1) is 8.49. The molecule has 15 heavy (non-hydrogen) atoms. The van der Waals surface area contributed by atoms with Crippen LogP contribution in [0, 0.1) is 6.92 Å². The number of ether oxygens (including phenoxy) is 1. The Bertz CT molecular complexity index is 477. The second-order valence-electron chi connectivity index (χ2n) is 3.47. The van der Waals surface area contributed by atoms with Gasteiger partial charge in [-0.2, -0.15) is 4.68 Å². The number of tetrazole rings is 1. The van der Waals surface area contributed by atoms with Crippen LogP contribution in [0.1, 0.15) is 17.4 Å². The predicted molar refractivity (Wildman–Crippen MR) is 50.4 cm³/mol. The third-order valence-electron chi connectivity index (χ3n) is 2.36. The van der Waals surface area contributed by atoms with Crippen LogP contribution in [0.3, 0.4) is 0 Å². The molecule has 0 N–H and O–H groups in total. The minimum atomic E-state index is 0.187. The quantitative estimate of drug-likeness (QED) is 0.662. The van der Waals surface area contributed by atoms with Crippen LogP contribution in [0.25, 0.3) is 5.69 Å². The van der Waals surface area contributed by atoms with E-state index in [0.29, 0.717) is 0 Å². The largest absolute Gasteiger partial charge is 0.366 e. The molecule has 0 bridgehead atoms. The van der Waals surface area contributed by atoms with Gasteiger partial charge in [0.25, 0.3) is 0 Å². The van der Waals surface area contributed by atoms with Gasteiger partial charge < -0.3 is 4.74 Å². The Hall–Kier alpha value is -1.82. The molecule has 1 aliphatic heterocycles. The van der Waals surface area contributed by atoms with Crippen molar-refractivity contribution in [2.75, 3.05) is 6.61 Å². The van der Waals surface area contributed by atoms with E-state index in [1.807, 2.05) is 13.0 Å². The van der Waals surface area contributed by atoms with Crippen LogP contribution in [0.2, 0.25) is 0 Å². The van der Waals surface area contributed by atoms with Crippen molar-refractivity contribution in [2.45, 2.75) is 13.0 Å². The monoisotopic (exact) mass is 203 g/mol. The second-order valence-corrected chi connectivity index (χ2v) is 3.47. The molecule has 0 aromatic carbocycles. The van der Waals surface area contributed by atoms with E-state index in [4.69, 9.17) is 4.74 Å². The van der Waals surface area contributed by atoms with E-state index >= 15 is 0 Å². The minimum Gasteiger partial charge on any atom is -0.366 e. The minimum absolute atomic E-state index is 0.187. The Kier molecular flexibility index (Phi) is 1.75. The molecule has 6 heteroatoms. The molecule has 2 aromatic rings. The fourth-order valence-corrected chi connectivity index (χ4v) is 1.48. The lowest BCUT2D eigenvalue weighted by atomic mass is 10.2. The average Bonchev–Trinajstić information content (AvgIpc) is 2.95. The van der Waals surface area contributed by atoms with Crippen LogP contribution in [0.15, 0.2) is 18.6 Å². The van der Waals surface area contributed by atoms with Gasteiger partial charge in [0.15, 0.2) is 0 Å². The van der Waals surface area contributed by atoms with Crippen LogP contribution in [0.4, 0.5) is 0 Å². The molecule has 1 atom stereocenters. The van der Waals surface area contributed by atoms with Crippen molar-refractivity contribution >= 4 is 0 Å². The highest BCUT2D eigenvalue weighted by Gasteiger charge is 2.26. The fraction of sp³-hybridized carbons (Fsp3) is 0.333. The summed E-state index contributed by atoms with van der Waals surface area (Å²) in [6, 6.07) is 2.01. The molecule has 76 valence electrons. The predicted octanol–water partition coefficient (Wildman–Crippen LogP) is 0.437. The SMILES string of the molecule is Cc1cc([C@@H]2CO2)ncc1-n1cnnn1. The third kappa shape index (κ3) is 1.48.